The van der Waals surface area contributed by atoms with Crippen LogP contribution < -0.4 is 10.7 Å². The Labute approximate surface area is 129 Å². The molecule has 0 saturated heterocycles. The molecule has 0 radical (unpaired) electrons. The molecule has 1 aromatic carbocycles. The van der Waals surface area contributed by atoms with Crippen molar-refractivity contribution in [3.05, 3.63) is 36.0 Å². The molecular formula is C13H17N5S2. The van der Waals surface area contributed by atoms with Crippen molar-refractivity contribution in [2.75, 3.05) is 24.8 Å². The molecule has 0 saturated carbocycles. The van der Waals surface area contributed by atoms with Crippen molar-refractivity contribution in [1.29, 1.82) is 0 Å². The summed E-state index contributed by atoms with van der Waals surface area (Å²) in [4.78, 5) is 0. The molecule has 7 heteroatoms. The second-order valence-electron chi connectivity index (χ2n) is 4.51. The SMILES string of the molecule is Cc1nn(-c2ccccc2)c(N)c1N(C(=S)S)N(C)C. The molecule has 2 rings (SSSR count). The predicted octanol–water partition coefficient (Wildman–Crippen LogP) is 2.26. The van der Waals surface area contributed by atoms with Crippen LogP contribution in [-0.2, 0) is 0 Å². The lowest BCUT2D eigenvalue weighted by Crippen LogP contribution is -2.39. The van der Waals surface area contributed by atoms with E-state index in [1.165, 1.54) is 0 Å². The lowest BCUT2D eigenvalue weighted by molar-refractivity contribution is 0.433. The number of nitrogens with two attached hydrogens (primary N) is 1. The minimum atomic E-state index is 0.414. The van der Waals surface area contributed by atoms with Crippen LogP contribution >= 0.6 is 24.8 Å². The molecule has 0 spiro atoms. The van der Waals surface area contributed by atoms with Crippen molar-refractivity contribution in [3.8, 4) is 5.69 Å². The van der Waals surface area contributed by atoms with E-state index in [-0.39, 0.29) is 0 Å². The van der Waals surface area contributed by atoms with Crippen molar-refractivity contribution in [1.82, 2.24) is 14.8 Å². The molecule has 0 unspecified atom stereocenters. The summed E-state index contributed by atoms with van der Waals surface area (Å²) in [5, 5.41) is 8.07. The molecule has 1 heterocycles. The van der Waals surface area contributed by atoms with E-state index in [0.717, 1.165) is 17.1 Å². The van der Waals surface area contributed by atoms with Gasteiger partial charge in [0.1, 0.15) is 5.69 Å². The van der Waals surface area contributed by atoms with Crippen molar-refractivity contribution in [2.45, 2.75) is 6.92 Å². The topological polar surface area (TPSA) is 50.3 Å². The van der Waals surface area contributed by atoms with Gasteiger partial charge < -0.3 is 5.73 Å². The number of hydrogen-bond donors (Lipinski definition) is 2. The molecule has 106 valence electrons. The van der Waals surface area contributed by atoms with Crippen LogP contribution in [0.4, 0.5) is 11.5 Å². The van der Waals surface area contributed by atoms with Gasteiger partial charge in [-0.3, -0.25) is 5.01 Å². The highest BCUT2D eigenvalue weighted by molar-refractivity contribution is 8.11. The molecule has 0 aliphatic carbocycles. The average Bonchev–Trinajstić information content (AvgIpc) is 2.67. The summed E-state index contributed by atoms with van der Waals surface area (Å²) < 4.78 is 2.12. The first kappa shape index (κ1) is 14.8. The largest absolute Gasteiger partial charge is 0.382 e. The van der Waals surface area contributed by atoms with Gasteiger partial charge in [0.05, 0.1) is 11.4 Å². The molecule has 2 aromatic rings. The molecule has 0 amide bonds. The summed E-state index contributed by atoms with van der Waals surface area (Å²) >= 11 is 9.43. The number of para-hydroxylation sites is 1. The Bertz CT molecular complexity index is 621. The summed E-state index contributed by atoms with van der Waals surface area (Å²) in [6.07, 6.45) is 0. The fraction of sp³-hybridized carbons (Fsp3) is 0.231. The quantitative estimate of drug-likeness (QED) is 0.517. The Kier molecular flexibility index (Phi) is 4.32. The van der Waals surface area contributed by atoms with Gasteiger partial charge in [-0.05, 0) is 19.1 Å². The van der Waals surface area contributed by atoms with E-state index in [9.17, 15) is 0 Å². The van der Waals surface area contributed by atoms with Gasteiger partial charge in [0.25, 0.3) is 0 Å². The number of anilines is 2. The zero-order valence-corrected chi connectivity index (χ0v) is 13.3. The maximum atomic E-state index is 6.25. The number of nitrogen functional groups attached to an aromatic ring is 1. The lowest BCUT2D eigenvalue weighted by Gasteiger charge is -2.28. The van der Waals surface area contributed by atoms with Crippen molar-refractivity contribution in [2.24, 2.45) is 0 Å². The minimum Gasteiger partial charge on any atom is -0.382 e. The molecule has 5 nitrogen and oxygen atoms in total. The van der Waals surface area contributed by atoms with Crippen LogP contribution in [0.5, 0.6) is 0 Å². The Hall–Kier alpha value is -1.57. The van der Waals surface area contributed by atoms with E-state index in [1.807, 2.05) is 56.4 Å². The lowest BCUT2D eigenvalue weighted by atomic mass is 10.3. The van der Waals surface area contributed by atoms with Gasteiger partial charge >= 0.3 is 0 Å². The highest BCUT2D eigenvalue weighted by Crippen LogP contribution is 2.31. The van der Waals surface area contributed by atoms with Crippen molar-refractivity contribution < 1.29 is 0 Å². The monoisotopic (exact) mass is 307 g/mol. The molecular weight excluding hydrogens is 290 g/mol. The van der Waals surface area contributed by atoms with Crippen molar-refractivity contribution >= 4 is 40.7 Å². The van der Waals surface area contributed by atoms with E-state index >= 15 is 0 Å². The number of thiocarbonyl (C=S) groups is 1. The Morgan fingerprint density at radius 3 is 2.40 bits per heavy atom. The van der Waals surface area contributed by atoms with Gasteiger partial charge in [0.15, 0.2) is 10.1 Å². The number of aromatic nitrogens is 2. The van der Waals surface area contributed by atoms with Crippen LogP contribution in [0.25, 0.3) is 5.69 Å². The van der Waals surface area contributed by atoms with Crippen LogP contribution in [0.15, 0.2) is 30.3 Å². The van der Waals surface area contributed by atoms with Gasteiger partial charge in [0.2, 0.25) is 0 Å². The van der Waals surface area contributed by atoms with E-state index < -0.39 is 0 Å². The third-order valence-electron chi connectivity index (χ3n) is 2.86. The molecule has 20 heavy (non-hydrogen) atoms. The first-order valence-corrected chi connectivity index (χ1v) is 6.90. The van der Waals surface area contributed by atoms with Gasteiger partial charge in [-0.25, -0.2) is 9.69 Å². The smallest absolute Gasteiger partial charge is 0.153 e. The second-order valence-corrected chi connectivity index (χ2v) is 5.62. The highest BCUT2D eigenvalue weighted by Gasteiger charge is 2.23. The zero-order valence-electron chi connectivity index (χ0n) is 11.6. The standard InChI is InChI=1S/C13H17N5S2/c1-9-11(18(13(19)20)16(2)3)12(14)17(15-9)10-7-5-4-6-8-10/h4-8H,14H2,1-3H3,(H,19,20). The van der Waals surface area contributed by atoms with E-state index in [0.29, 0.717) is 10.1 Å². The highest BCUT2D eigenvalue weighted by atomic mass is 32.1. The summed E-state index contributed by atoms with van der Waals surface area (Å²) in [5.74, 6) is 0.527. The van der Waals surface area contributed by atoms with E-state index in [2.05, 4.69) is 17.7 Å². The minimum absolute atomic E-state index is 0.414. The van der Waals surface area contributed by atoms with Gasteiger partial charge in [-0.1, -0.05) is 30.4 Å². The molecule has 0 bridgehead atoms. The van der Waals surface area contributed by atoms with E-state index in [4.69, 9.17) is 18.0 Å². The molecule has 0 atom stereocenters. The number of rotatable bonds is 3. The fourth-order valence-corrected chi connectivity index (χ4v) is 2.56. The number of aryl methyl sites for hydroxylation is 1. The first-order chi connectivity index (χ1) is 9.43. The Morgan fingerprint density at radius 1 is 1.30 bits per heavy atom. The third-order valence-corrected chi connectivity index (χ3v) is 3.22. The fourth-order valence-electron chi connectivity index (χ4n) is 2.03. The summed E-state index contributed by atoms with van der Waals surface area (Å²) in [5.41, 5.74) is 8.69. The van der Waals surface area contributed by atoms with Crippen LogP contribution in [0.3, 0.4) is 0 Å². The number of thiol groups is 1. The first-order valence-electron chi connectivity index (χ1n) is 6.04. The molecule has 1 aromatic heterocycles. The number of hydrogen-bond acceptors (Lipinski definition) is 4. The van der Waals surface area contributed by atoms with Crippen LogP contribution in [-0.4, -0.2) is 33.2 Å². The second kappa shape index (κ2) is 5.82. The Morgan fingerprint density at radius 2 is 1.90 bits per heavy atom. The number of nitrogens with zero attached hydrogens (tertiary/aromatic N) is 4. The molecule has 0 aliphatic heterocycles. The summed E-state index contributed by atoms with van der Waals surface area (Å²) in [6.45, 7) is 1.90. The third kappa shape index (κ3) is 2.65. The van der Waals surface area contributed by atoms with Gasteiger partial charge in [-0.15, -0.1) is 12.6 Å². The van der Waals surface area contributed by atoms with Crippen LogP contribution in [0, 0.1) is 6.92 Å². The van der Waals surface area contributed by atoms with Gasteiger partial charge in [0, 0.05) is 14.1 Å². The number of hydrazine groups is 1. The van der Waals surface area contributed by atoms with Crippen molar-refractivity contribution in [3.63, 3.8) is 0 Å². The zero-order chi connectivity index (χ0) is 14.9. The van der Waals surface area contributed by atoms with Crippen LogP contribution in [0.2, 0.25) is 0 Å². The maximum Gasteiger partial charge on any atom is 0.153 e. The normalized spacial score (nSPS) is 10.8. The molecule has 0 fully saturated rings. The summed E-state index contributed by atoms with van der Waals surface area (Å²) in [7, 11) is 3.75. The summed E-state index contributed by atoms with van der Waals surface area (Å²) in [6, 6.07) is 9.74. The Balaban J connectivity index is 2.57. The van der Waals surface area contributed by atoms with Gasteiger partial charge in [-0.2, -0.15) is 5.10 Å². The molecule has 2 N–H and O–H groups in total. The van der Waals surface area contributed by atoms with E-state index in [1.54, 1.807) is 9.69 Å². The molecule has 0 aliphatic rings. The predicted molar refractivity (Wildman–Crippen MR) is 90.5 cm³/mol. The maximum absolute atomic E-state index is 6.25. The van der Waals surface area contributed by atoms with Crippen LogP contribution in [0.1, 0.15) is 5.69 Å². The number of benzene rings is 1. The average molecular weight is 307 g/mol.